The summed E-state index contributed by atoms with van der Waals surface area (Å²) in [5.41, 5.74) is 0.588. The Labute approximate surface area is 116 Å². The van der Waals surface area contributed by atoms with Gasteiger partial charge in [0.25, 0.3) is 0 Å². The van der Waals surface area contributed by atoms with Crippen LogP contribution < -0.4 is 5.32 Å². The standard InChI is InChI=1S/C14H17BrN2O/c1-14(2,3)17-13(18)8-11(9-16)10-5-4-6-12(15)7-10/h4-7,11H,8H2,1-3H3,(H,17,18). The van der Waals surface area contributed by atoms with E-state index in [4.69, 9.17) is 0 Å². The highest BCUT2D eigenvalue weighted by Gasteiger charge is 2.19. The monoisotopic (exact) mass is 308 g/mol. The number of hydrogen-bond donors (Lipinski definition) is 1. The average molecular weight is 309 g/mol. The molecule has 0 saturated heterocycles. The van der Waals surface area contributed by atoms with Crippen LogP contribution in [0.2, 0.25) is 0 Å². The lowest BCUT2D eigenvalue weighted by molar-refractivity contribution is -0.122. The van der Waals surface area contributed by atoms with E-state index in [-0.39, 0.29) is 17.9 Å². The third-order valence-corrected chi connectivity index (χ3v) is 2.80. The first-order chi connectivity index (χ1) is 8.31. The second-order valence-electron chi connectivity index (χ2n) is 5.24. The molecule has 1 aromatic carbocycles. The second kappa shape index (κ2) is 6.01. The van der Waals surface area contributed by atoms with Gasteiger partial charge in [-0.15, -0.1) is 0 Å². The molecule has 1 rings (SSSR count). The lowest BCUT2D eigenvalue weighted by Crippen LogP contribution is -2.41. The van der Waals surface area contributed by atoms with Gasteiger partial charge in [-0.25, -0.2) is 0 Å². The molecule has 0 fully saturated rings. The molecule has 0 aromatic heterocycles. The van der Waals surface area contributed by atoms with Crippen molar-refractivity contribution in [2.24, 2.45) is 0 Å². The smallest absolute Gasteiger partial charge is 0.222 e. The number of nitriles is 1. The van der Waals surface area contributed by atoms with Crippen LogP contribution in [0.5, 0.6) is 0 Å². The maximum Gasteiger partial charge on any atom is 0.222 e. The summed E-state index contributed by atoms with van der Waals surface area (Å²) in [4.78, 5) is 11.8. The van der Waals surface area contributed by atoms with Crippen molar-refractivity contribution < 1.29 is 4.79 Å². The predicted octanol–water partition coefficient (Wildman–Crippen LogP) is 3.36. The molecule has 4 heteroatoms. The molecular weight excluding hydrogens is 292 g/mol. The molecule has 18 heavy (non-hydrogen) atoms. The number of nitrogens with one attached hydrogen (secondary N) is 1. The van der Waals surface area contributed by atoms with Gasteiger partial charge in [-0.05, 0) is 38.5 Å². The molecule has 0 radical (unpaired) electrons. The zero-order valence-electron chi connectivity index (χ0n) is 10.8. The van der Waals surface area contributed by atoms with Gasteiger partial charge in [0.2, 0.25) is 5.91 Å². The number of rotatable bonds is 3. The van der Waals surface area contributed by atoms with E-state index in [1.807, 2.05) is 45.0 Å². The van der Waals surface area contributed by atoms with Crippen LogP contribution in [0.15, 0.2) is 28.7 Å². The average Bonchev–Trinajstić information content (AvgIpc) is 2.23. The van der Waals surface area contributed by atoms with E-state index in [9.17, 15) is 10.1 Å². The lowest BCUT2D eigenvalue weighted by atomic mass is 9.96. The number of halogens is 1. The van der Waals surface area contributed by atoms with Crippen molar-refractivity contribution in [2.45, 2.75) is 38.6 Å². The maximum absolute atomic E-state index is 11.8. The molecule has 0 heterocycles. The molecule has 96 valence electrons. The minimum absolute atomic E-state index is 0.103. The van der Waals surface area contributed by atoms with Crippen LogP contribution in [-0.4, -0.2) is 11.4 Å². The van der Waals surface area contributed by atoms with Crippen LogP contribution >= 0.6 is 15.9 Å². The van der Waals surface area contributed by atoms with Gasteiger partial charge in [0.05, 0.1) is 12.0 Å². The highest BCUT2D eigenvalue weighted by molar-refractivity contribution is 9.10. The van der Waals surface area contributed by atoms with Crippen LogP contribution in [0, 0.1) is 11.3 Å². The summed E-state index contributed by atoms with van der Waals surface area (Å²) < 4.78 is 0.913. The highest BCUT2D eigenvalue weighted by atomic mass is 79.9. The number of benzene rings is 1. The fourth-order valence-corrected chi connectivity index (χ4v) is 2.03. The van der Waals surface area contributed by atoms with Crippen LogP contribution in [0.1, 0.15) is 38.7 Å². The molecule has 0 spiro atoms. The molecule has 0 aliphatic rings. The number of nitrogens with zero attached hydrogens (tertiary/aromatic N) is 1. The van der Waals surface area contributed by atoms with Crippen molar-refractivity contribution >= 4 is 21.8 Å². The zero-order chi connectivity index (χ0) is 13.8. The van der Waals surface area contributed by atoms with Gasteiger partial charge in [-0.3, -0.25) is 4.79 Å². The normalized spacial score (nSPS) is 12.6. The SMILES string of the molecule is CC(C)(C)NC(=O)CC(C#N)c1cccc(Br)c1. The third kappa shape index (κ3) is 4.89. The molecule has 0 aliphatic heterocycles. The Balaban J connectivity index is 2.75. The fraction of sp³-hybridized carbons (Fsp3) is 0.429. The lowest BCUT2D eigenvalue weighted by Gasteiger charge is -2.21. The molecular formula is C14H17BrN2O. The van der Waals surface area contributed by atoms with Crippen LogP contribution in [0.4, 0.5) is 0 Å². The fourth-order valence-electron chi connectivity index (χ4n) is 1.62. The maximum atomic E-state index is 11.8. The number of amides is 1. The largest absolute Gasteiger partial charge is 0.351 e. The summed E-state index contributed by atoms with van der Waals surface area (Å²) in [7, 11) is 0. The Morgan fingerprint density at radius 3 is 2.67 bits per heavy atom. The van der Waals surface area contributed by atoms with E-state index in [1.54, 1.807) is 0 Å². The molecule has 1 amide bonds. The number of carbonyl (C=O) groups is 1. The Hall–Kier alpha value is -1.34. The topological polar surface area (TPSA) is 52.9 Å². The number of hydrogen-bond acceptors (Lipinski definition) is 2. The zero-order valence-corrected chi connectivity index (χ0v) is 12.4. The molecule has 0 saturated carbocycles. The van der Waals surface area contributed by atoms with Crippen LogP contribution in [0.3, 0.4) is 0 Å². The van der Waals surface area contributed by atoms with E-state index >= 15 is 0 Å². The summed E-state index contributed by atoms with van der Waals surface area (Å²) in [6.45, 7) is 5.77. The van der Waals surface area contributed by atoms with Gasteiger partial charge < -0.3 is 5.32 Å². The quantitative estimate of drug-likeness (QED) is 0.931. The van der Waals surface area contributed by atoms with Crippen molar-refractivity contribution in [3.05, 3.63) is 34.3 Å². The summed E-state index contributed by atoms with van der Waals surface area (Å²) >= 11 is 3.36. The summed E-state index contributed by atoms with van der Waals surface area (Å²) in [6.07, 6.45) is 0.185. The van der Waals surface area contributed by atoms with Gasteiger partial charge in [0, 0.05) is 16.4 Å². The molecule has 1 N–H and O–H groups in total. The van der Waals surface area contributed by atoms with Gasteiger partial charge in [-0.1, -0.05) is 28.1 Å². The van der Waals surface area contributed by atoms with Crippen molar-refractivity contribution in [3.8, 4) is 6.07 Å². The first-order valence-corrected chi connectivity index (χ1v) is 6.57. The van der Waals surface area contributed by atoms with Gasteiger partial charge in [0.1, 0.15) is 0 Å². The van der Waals surface area contributed by atoms with Crippen molar-refractivity contribution in [3.63, 3.8) is 0 Å². The van der Waals surface area contributed by atoms with Crippen LogP contribution in [0.25, 0.3) is 0 Å². The highest BCUT2D eigenvalue weighted by Crippen LogP contribution is 2.22. The Bertz CT molecular complexity index is 471. The first kappa shape index (κ1) is 14.7. The predicted molar refractivity (Wildman–Crippen MR) is 75.0 cm³/mol. The Kier molecular flexibility index (Phi) is 4.92. The van der Waals surface area contributed by atoms with E-state index in [0.29, 0.717) is 0 Å². The minimum atomic E-state index is -0.412. The second-order valence-corrected chi connectivity index (χ2v) is 6.15. The third-order valence-electron chi connectivity index (χ3n) is 2.31. The van der Waals surface area contributed by atoms with Crippen molar-refractivity contribution in [1.29, 1.82) is 5.26 Å². The van der Waals surface area contributed by atoms with Gasteiger partial charge in [-0.2, -0.15) is 5.26 Å². The molecule has 1 atom stereocenters. The minimum Gasteiger partial charge on any atom is -0.351 e. The summed E-state index contributed by atoms with van der Waals surface area (Å²) in [5.74, 6) is -0.515. The van der Waals surface area contributed by atoms with E-state index < -0.39 is 5.92 Å². The Morgan fingerprint density at radius 1 is 1.50 bits per heavy atom. The van der Waals surface area contributed by atoms with Crippen LogP contribution in [-0.2, 0) is 4.79 Å². The molecule has 3 nitrogen and oxygen atoms in total. The molecule has 0 bridgehead atoms. The number of carbonyl (C=O) groups excluding carboxylic acids is 1. The van der Waals surface area contributed by atoms with Gasteiger partial charge in [0.15, 0.2) is 0 Å². The van der Waals surface area contributed by atoms with Crippen molar-refractivity contribution in [1.82, 2.24) is 5.32 Å². The summed E-state index contributed by atoms with van der Waals surface area (Å²) in [5, 5.41) is 12.0. The Morgan fingerprint density at radius 2 is 2.17 bits per heavy atom. The molecule has 0 aliphatic carbocycles. The molecule has 1 aromatic rings. The van der Waals surface area contributed by atoms with E-state index in [1.165, 1.54) is 0 Å². The van der Waals surface area contributed by atoms with E-state index in [2.05, 4.69) is 27.3 Å². The van der Waals surface area contributed by atoms with Gasteiger partial charge >= 0.3 is 0 Å². The summed E-state index contributed by atoms with van der Waals surface area (Å²) in [6, 6.07) is 9.68. The molecule has 1 unspecified atom stereocenters. The van der Waals surface area contributed by atoms with Crippen molar-refractivity contribution in [2.75, 3.05) is 0 Å². The van der Waals surface area contributed by atoms with E-state index in [0.717, 1.165) is 10.0 Å². The first-order valence-electron chi connectivity index (χ1n) is 5.78.